The summed E-state index contributed by atoms with van der Waals surface area (Å²) in [6.07, 6.45) is 4.07. The topological polar surface area (TPSA) is 34.9 Å². The lowest BCUT2D eigenvalue weighted by Crippen LogP contribution is -2.19. The van der Waals surface area contributed by atoms with Gasteiger partial charge in [-0.3, -0.25) is 9.78 Å². The quantitative estimate of drug-likeness (QED) is 0.792. The molecule has 0 aromatic carbocycles. The van der Waals surface area contributed by atoms with E-state index in [1.807, 2.05) is 22.9 Å². The molecule has 0 spiro atoms. The highest BCUT2D eigenvalue weighted by atomic mass is 16.1. The molecule has 1 saturated carbocycles. The molecule has 2 aromatic rings. The van der Waals surface area contributed by atoms with Gasteiger partial charge in [0.25, 0.3) is 5.56 Å². The van der Waals surface area contributed by atoms with Crippen LogP contribution in [0.15, 0.2) is 29.2 Å². The van der Waals surface area contributed by atoms with E-state index in [1.54, 1.807) is 6.07 Å². The highest BCUT2D eigenvalue weighted by Crippen LogP contribution is 2.37. The van der Waals surface area contributed by atoms with E-state index >= 15 is 0 Å². The third kappa shape index (κ3) is 1.66. The Balaban J connectivity index is 2.42. The van der Waals surface area contributed by atoms with E-state index in [0.29, 0.717) is 12.0 Å². The molecule has 1 fully saturated rings. The molecular weight excluding hydrogens is 212 g/mol. The molecule has 1 aliphatic carbocycles. The number of aromatic nitrogens is 2. The smallest absolute Gasteiger partial charge is 0.251 e. The van der Waals surface area contributed by atoms with E-state index in [9.17, 15) is 4.79 Å². The van der Waals surface area contributed by atoms with Crippen LogP contribution in [-0.2, 0) is 0 Å². The molecule has 2 aromatic heterocycles. The maximum Gasteiger partial charge on any atom is 0.251 e. The minimum Gasteiger partial charge on any atom is -0.303 e. The van der Waals surface area contributed by atoms with Gasteiger partial charge in [-0.05, 0) is 36.5 Å². The van der Waals surface area contributed by atoms with Crippen LogP contribution in [0.5, 0.6) is 0 Å². The Morgan fingerprint density at radius 3 is 2.71 bits per heavy atom. The largest absolute Gasteiger partial charge is 0.303 e. The van der Waals surface area contributed by atoms with Crippen molar-refractivity contribution in [2.75, 3.05) is 0 Å². The molecule has 0 N–H and O–H groups in total. The fourth-order valence-corrected chi connectivity index (χ4v) is 2.37. The van der Waals surface area contributed by atoms with Crippen LogP contribution < -0.4 is 5.56 Å². The van der Waals surface area contributed by atoms with Crippen LogP contribution in [-0.4, -0.2) is 9.55 Å². The Bertz CT molecular complexity index is 624. The lowest BCUT2D eigenvalue weighted by molar-refractivity contribution is 0.727. The van der Waals surface area contributed by atoms with Gasteiger partial charge >= 0.3 is 0 Å². The first-order valence-corrected chi connectivity index (χ1v) is 6.18. The number of hydrogen-bond donors (Lipinski definition) is 0. The molecule has 0 unspecified atom stereocenters. The Labute approximate surface area is 100 Å². The Kier molecular flexibility index (Phi) is 2.28. The molecule has 1 aliphatic rings. The summed E-state index contributed by atoms with van der Waals surface area (Å²) < 4.78 is 1.94. The second kappa shape index (κ2) is 3.69. The number of rotatable bonds is 2. The minimum atomic E-state index is 0.106. The van der Waals surface area contributed by atoms with Crippen LogP contribution in [0.4, 0.5) is 0 Å². The van der Waals surface area contributed by atoms with Crippen LogP contribution in [0, 0.1) is 0 Å². The van der Waals surface area contributed by atoms with Crippen molar-refractivity contribution in [1.82, 2.24) is 9.55 Å². The number of pyridine rings is 2. The fourth-order valence-electron chi connectivity index (χ4n) is 2.37. The normalized spacial score (nSPS) is 15.7. The average molecular weight is 228 g/mol. The third-order valence-corrected chi connectivity index (χ3v) is 3.38. The molecule has 17 heavy (non-hydrogen) atoms. The van der Waals surface area contributed by atoms with Gasteiger partial charge in [-0.25, -0.2) is 0 Å². The van der Waals surface area contributed by atoms with Gasteiger partial charge in [0.2, 0.25) is 0 Å². The summed E-state index contributed by atoms with van der Waals surface area (Å²) in [4.78, 5) is 16.4. The first-order chi connectivity index (χ1) is 8.18. The van der Waals surface area contributed by atoms with Crippen LogP contribution >= 0.6 is 0 Å². The van der Waals surface area contributed by atoms with E-state index in [1.165, 1.54) is 5.56 Å². The second-order valence-corrected chi connectivity index (χ2v) is 5.06. The molecule has 88 valence electrons. The Morgan fingerprint density at radius 2 is 2.06 bits per heavy atom. The molecule has 0 aliphatic heterocycles. The molecule has 3 rings (SSSR count). The van der Waals surface area contributed by atoms with Crippen LogP contribution in [0.25, 0.3) is 11.0 Å². The zero-order valence-corrected chi connectivity index (χ0v) is 10.2. The van der Waals surface area contributed by atoms with Crippen molar-refractivity contribution in [2.45, 2.75) is 38.6 Å². The zero-order chi connectivity index (χ0) is 12.0. The van der Waals surface area contributed by atoms with Crippen molar-refractivity contribution in [3.63, 3.8) is 0 Å². The monoisotopic (exact) mass is 228 g/mol. The van der Waals surface area contributed by atoms with Crippen molar-refractivity contribution in [1.29, 1.82) is 0 Å². The molecule has 0 saturated heterocycles. The lowest BCUT2D eigenvalue weighted by atomic mass is 10.0. The summed E-state index contributed by atoms with van der Waals surface area (Å²) in [7, 11) is 0. The average Bonchev–Trinajstić information content (AvgIpc) is 3.12. The van der Waals surface area contributed by atoms with Crippen molar-refractivity contribution < 1.29 is 0 Å². The van der Waals surface area contributed by atoms with E-state index < -0.39 is 0 Å². The van der Waals surface area contributed by atoms with Crippen molar-refractivity contribution >= 4 is 11.0 Å². The van der Waals surface area contributed by atoms with Gasteiger partial charge in [-0.1, -0.05) is 13.8 Å². The van der Waals surface area contributed by atoms with Gasteiger partial charge < -0.3 is 4.57 Å². The van der Waals surface area contributed by atoms with E-state index in [0.717, 1.165) is 23.9 Å². The number of fused-ring (bicyclic) bond motifs is 1. The van der Waals surface area contributed by atoms with Crippen molar-refractivity contribution in [3.8, 4) is 0 Å². The highest BCUT2D eigenvalue weighted by molar-refractivity contribution is 5.78. The van der Waals surface area contributed by atoms with Crippen LogP contribution in [0.2, 0.25) is 0 Å². The Hall–Kier alpha value is -1.64. The summed E-state index contributed by atoms with van der Waals surface area (Å²) in [6, 6.07) is 5.90. The SMILES string of the molecule is CC(C)c1ccnc2ccc(=O)n(C3CC3)c12. The first kappa shape index (κ1) is 10.5. The number of hydrogen-bond acceptors (Lipinski definition) is 2. The van der Waals surface area contributed by atoms with E-state index in [4.69, 9.17) is 0 Å². The van der Waals surface area contributed by atoms with Crippen LogP contribution in [0.1, 0.15) is 44.2 Å². The summed E-state index contributed by atoms with van der Waals surface area (Å²) in [6.45, 7) is 4.31. The molecule has 3 nitrogen and oxygen atoms in total. The van der Waals surface area contributed by atoms with Crippen molar-refractivity contribution in [3.05, 3.63) is 40.3 Å². The van der Waals surface area contributed by atoms with Gasteiger partial charge in [-0.15, -0.1) is 0 Å². The standard InChI is InChI=1S/C14H16N2O/c1-9(2)11-7-8-15-12-5-6-13(17)16(14(11)12)10-3-4-10/h5-10H,3-4H2,1-2H3. The molecule has 0 radical (unpaired) electrons. The summed E-state index contributed by atoms with van der Waals surface area (Å²) in [5.41, 5.74) is 3.30. The predicted octanol–water partition coefficient (Wildman–Crippen LogP) is 2.85. The lowest BCUT2D eigenvalue weighted by Gasteiger charge is -2.14. The zero-order valence-electron chi connectivity index (χ0n) is 10.2. The summed E-state index contributed by atoms with van der Waals surface area (Å²) >= 11 is 0. The maximum atomic E-state index is 12.0. The van der Waals surface area contributed by atoms with E-state index in [-0.39, 0.29) is 5.56 Å². The summed E-state index contributed by atoms with van der Waals surface area (Å²) in [5, 5.41) is 0. The molecule has 0 bridgehead atoms. The summed E-state index contributed by atoms with van der Waals surface area (Å²) in [5.74, 6) is 0.410. The first-order valence-electron chi connectivity index (χ1n) is 6.18. The molecule has 2 heterocycles. The minimum absolute atomic E-state index is 0.106. The Morgan fingerprint density at radius 1 is 1.29 bits per heavy atom. The maximum absolute atomic E-state index is 12.0. The van der Waals surface area contributed by atoms with Gasteiger partial charge in [0.05, 0.1) is 11.0 Å². The van der Waals surface area contributed by atoms with E-state index in [2.05, 4.69) is 18.8 Å². The van der Waals surface area contributed by atoms with Gasteiger partial charge in [-0.2, -0.15) is 0 Å². The second-order valence-electron chi connectivity index (χ2n) is 5.06. The molecular formula is C14H16N2O. The van der Waals surface area contributed by atoms with Gasteiger partial charge in [0, 0.05) is 18.3 Å². The number of nitrogens with zero attached hydrogens (tertiary/aromatic N) is 2. The van der Waals surface area contributed by atoms with Crippen LogP contribution in [0.3, 0.4) is 0 Å². The molecule has 3 heteroatoms. The molecule has 0 atom stereocenters. The molecule has 0 amide bonds. The third-order valence-electron chi connectivity index (χ3n) is 3.38. The van der Waals surface area contributed by atoms with Gasteiger partial charge in [0.1, 0.15) is 0 Å². The predicted molar refractivity (Wildman–Crippen MR) is 68.4 cm³/mol. The van der Waals surface area contributed by atoms with Crippen molar-refractivity contribution in [2.24, 2.45) is 0 Å². The van der Waals surface area contributed by atoms with Gasteiger partial charge in [0.15, 0.2) is 0 Å². The highest BCUT2D eigenvalue weighted by Gasteiger charge is 2.27. The fraction of sp³-hybridized carbons (Fsp3) is 0.429.